The number of rotatable bonds is 5. The Morgan fingerprint density at radius 1 is 1.29 bits per heavy atom. The van der Waals surface area contributed by atoms with Crippen molar-refractivity contribution in [3.63, 3.8) is 0 Å². The molecule has 3 fully saturated rings. The van der Waals surface area contributed by atoms with Crippen molar-refractivity contribution in [1.29, 1.82) is 0 Å². The summed E-state index contributed by atoms with van der Waals surface area (Å²) in [4.78, 5) is 12.0. The summed E-state index contributed by atoms with van der Waals surface area (Å²) in [5.41, 5.74) is -0.153. The van der Waals surface area contributed by atoms with E-state index in [0.717, 1.165) is 12.8 Å². The normalized spacial score (nSPS) is 32.0. The Labute approximate surface area is 126 Å². The molecule has 2 atom stereocenters. The second kappa shape index (κ2) is 6.63. The van der Waals surface area contributed by atoms with Crippen molar-refractivity contribution in [2.75, 3.05) is 26.4 Å². The predicted octanol–water partition coefficient (Wildman–Crippen LogP) is 1.24. The van der Waals surface area contributed by atoms with Crippen LogP contribution >= 0.6 is 0 Å². The summed E-state index contributed by atoms with van der Waals surface area (Å²) < 4.78 is 10.9. The molecule has 2 aliphatic carbocycles. The maximum atomic E-state index is 12.0. The minimum absolute atomic E-state index is 0.0456. The molecular weight excluding hydrogens is 270 g/mol. The SMILES string of the molecule is O=C(COCC1CCCC1)N[C@@H]1C[C@@H](O)C12CCOCC2. The first kappa shape index (κ1) is 15.3. The van der Waals surface area contributed by atoms with Crippen LogP contribution in [-0.4, -0.2) is 49.6 Å². The lowest BCUT2D eigenvalue weighted by molar-refractivity contribution is -0.157. The van der Waals surface area contributed by atoms with Crippen molar-refractivity contribution in [3.8, 4) is 0 Å². The van der Waals surface area contributed by atoms with E-state index in [2.05, 4.69) is 5.32 Å². The third-order valence-corrected chi connectivity index (χ3v) is 5.64. The average Bonchev–Trinajstić information content (AvgIpc) is 3.01. The molecule has 0 aromatic rings. The Morgan fingerprint density at radius 2 is 2.00 bits per heavy atom. The highest BCUT2D eigenvalue weighted by molar-refractivity contribution is 5.77. The Morgan fingerprint density at radius 3 is 2.67 bits per heavy atom. The summed E-state index contributed by atoms with van der Waals surface area (Å²) in [6, 6.07) is 0.0824. The van der Waals surface area contributed by atoms with Crippen molar-refractivity contribution in [1.82, 2.24) is 5.32 Å². The van der Waals surface area contributed by atoms with Crippen LogP contribution in [0.1, 0.15) is 44.9 Å². The standard InChI is InChI=1S/C16H27NO4/c18-14-9-13(16(14)5-7-20-8-6-16)17-15(19)11-21-10-12-3-1-2-4-12/h12-14,18H,1-11H2,(H,17,19)/t13-,14-/m1/s1. The maximum absolute atomic E-state index is 12.0. The number of amides is 1. The van der Waals surface area contributed by atoms with E-state index >= 15 is 0 Å². The molecule has 1 aliphatic heterocycles. The zero-order chi connectivity index (χ0) is 14.7. The summed E-state index contributed by atoms with van der Waals surface area (Å²) in [6.45, 7) is 2.22. The fourth-order valence-corrected chi connectivity index (χ4v) is 4.13. The fourth-order valence-electron chi connectivity index (χ4n) is 4.13. The zero-order valence-electron chi connectivity index (χ0n) is 12.7. The van der Waals surface area contributed by atoms with Gasteiger partial charge in [-0.05, 0) is 38.0 Å². The van der Waals surface area contributed by atoms with Crippen molar-refractivity contribution >= 4 is 5.91 Å². The Balaban J connectivity index is 1.40. The lowest BCUT2D eigenvalue weighted by Gasteiger charge is -2.55. The minimum Gasteiger partial charge on any atom is -0.392 e. The molecule has 1 saturated heterocycles. The maximum Gasteiger partial charge on any atom is 0.246 e. The van der Waals surface area contributed by atoms with Crippen LogP contribution in [0.15, 0.2) is 0 Å². The molecule has 5 heteroatoms. The van der Waals surface area contributed by atoms with Crippen LogP contribution in [0.2, 0.25) is 0 Å². The van der Waals surface area contributed by atoms with Crippen LogP contribution < -0.4 is 5.32 Å². The van der Waals surface area contributed by atoms with Crippen molar-refractivity contribution < 1.29 is 19.4 Å². The van der Waals surface area contributed by atoms with Gasteiger partial charge in [-0.25, -0.2) is 0 Å². The van der Waals surface area contributed by atoms with Crippen molar-refractivity contribution in [2.45, 2.75) is 57.1 Å². The molecule has 0 unspecified atom stereocenters. The first-order valence-corrected chi connectivity index (χ1v) is 8.33. The molecule has 0 radical (unpaired) electrons. The van der Waals surface area contributed by atoms with Crippen LogP contribution in [0.3, 0.4) is 0 Å². The van der Waals surface area contributed by atoms with Gasteiger partial charge in [-0.3, -0.25) is 4.79 Å². The van der Waals surface area contributed by atoms with Gasteiger partial charge in [0.05, 0.1) is 12.7 Å². The molecular formula is C16H27NO4. The van der Waals surface area contributed by atoms with Gasteiger partial charge in [0, 0.05) is 24.7 Å². The smallest absolute Gasteiger partial charge is 0.246 e. The quantitative estimate of drug-likeness (QED) is 0.801. The fraction of sp³-hybridized carbons (Fsp3) is 0.938. The molecule has 3 aliphatic rings. The third-order valence-electron chi connectivity index (χ3n) is 5.64. The molecule has 5 nitrogen and oxygen atoms in total. The molecule has 0 aromatic carbocycles. The molecule has 2 N–H and O–H groups in total. The highest BCUT2D eigenvalue weighted by Gasteiger charge is 2.55. The van der Waals surface area contributed by atoms with E-state index < -0.39 is 0 Å². The van der Waals surface area contributed by atoms with Gasteiger partial charge in [0.25, 0.3) is 0 Å². The van der Waals surface area contributed by atoms with Crippen LogP contribution in [-0.2, 0) is 14.3 Å². The van der Waals surface area contributed by atoms with E-state index in [0.29, 0.717) is 32.2 Å². The summed E-state index contributed by atoms with van der Waals surface area (Å²) in [6.07, 6.45) is 7.10. The molecule has 21 heavy (non-hydrogen) atoms. The highest BCUT2D eigenvalue weighted by Crippen LogP contribution is 2.48. The highest BCUT2D eigenvalue weighted by atomic mass is 16.5. The van der Waals surface area contributed by atoms with Crippen molar-refractivity contribution in [2.24, 2.45) is 11.3 Å². The number of ether oxygens (including phenoxy) is 2. The van der Waals surface area contributed by atoms with E-state index in [-0.39, 0.29) is 30.1 Å². The molecule has 0 aromatic heterocycles. The number of hydrogen-bond acceptors (Lipinski definition) is 4. The van der Waals surface area contributed by atoms with E-state index in [9.17, 15) is 9.90 Å². The van der Waals surface area contributed by atoms with Crippen LogP contribution in [0.5, 0.6) is 0 Å². The van der Waals surface area contributed by atoms with Crippen molar-refractivity contribution in [3.05, 3.63) is 0 Å². The van der Waals surface area contributed by atoms with Gasteiger partial charge in [-0.1, -0.05) is 12.8 Å². The van der Waals surface area contributed by atoms with Crippen LogP contribution in [0.4, 0.5) is 0 Å². The van der Waals surface area contributed by atoms with Gasteiger partial charge in [0.2, 0.25) is 5.91 Å². The lowest BCUT2D eigenvalue weighted by Crippen LogP contribution is -2.66. The van der Waals surface area contributed by atoms with Gasteiger partial charge >= 0.3 is 0 Å². The van der Waals surface area contributed by atoms with Gasteiger partial charge in [-0.2, -0.15) is 0 Å². The number of carbonyl (C=O) groups excluding carboxylic acids is 1. The third kappa shape index (κ3) is 3.25. The topological polar surface area (TPSA) is 67.8 Å². The summed E-state index contributed by atoms with van der Waals surface area (Å²) in [5.74, 6) is 0.598. The number of aliphatic hydroxyl groups excluding tert-OH is 1. The van der Waals surface area contributed by atoms with E-state index in [4.69, 9.17) is 9.47 Å². The van der Waals surface area contributed by atoms with Gasteiger partial charge in [0.15, 0.2) is 0 Å². The van der Waals surface area contributed by atoms with Gasteiger partial charge in [-0.15, -0.1) is 0 Å². The molecule has 1 spiro atoms. The second-order valence-electron chi connectivity index (χ2n) is 6.88. The predicted molar refractivity (Wildman–Crippen MR) is 77.8 cm³/mol. The minimum atomic E-state index is -0.300. The monoisotopic (exact) mass is 297 g/mol. The number of nitrogens with one attached hydrogen (secondary N) is 1. The molecule has 0 bridgehead atoms. The molecule has 3 rings (SSSR count). The Kier molecular flexibility index (Phi) is 4.82. The average molecular weight is 297 g/mol. The van der Waals surface area contributed by atoms with Gasteiger partial charge in [0.1, 0.15) is 6.61 Å². The summed E-state index contributed by atoms with van der Waals surface area (Å²) >= 11 is 0. The van der Waals surface area contributed by atoms with E-state index in [1.807, 2.05) is 0 Å². The number of aliphatic hydroxyl groups is 1. The first-order chi connectivity index (χ1) is 10.2. The molecule has 2 saturated carbocycles. The molecule has 120 valence electrons. The summed E-state index contributed by atoms with van der Waals surface area (Å²) in [7, 11) is 0. The number of hydrogen-bond donors (Lipinski definition) is 2. The van der Waals surface area contributed by atoms with Crippen LogP contribution in [0.25, 0.3) is 0 Å². The molecule has 1 amide bonds. The lowest BCUT2D eigenvalue weighted by atomic mass is 9.58. The Hall–Kier alpha value is -0.650. The first-order valence-electron chi connectivity index (χ1n) is 8.33. The molecule has 1 heterocycles. The van der Waals surface area contributed by atoms with Crippen LogP contribution in [0, 0.1) is 11.3 Å². The zero-order valence-corrected chi connectivity index (χ0v) is 12.7. The summed E-state index contributed by atoms with van der Waals surface area (Å²) in [5, 5.41) is 13.1. The second-order valence-corrected chi connectivity index (χ2v) is 6.88. The number of carbonyl (C=O) groups is 1. The van der Waals surface area contributed by atoms with E-state index in [1.165, 1.54) is 25.7 Å². The Bertz CT molecular complexity index is 361. The van der Waals surface area contributed by atoms with Gasteiger partial charge < -0.3 is 19.9 Å². The van der Waals surface area contributed by atoms with E-state index in [1.54, 1.807) is 0 Å². The largest absolute Gasteiger partial charge is 0.392 e.